The maximum Gasteiger partial charge on any atom is 0.408 e. The van der Waals surface area contributed by atoms with E-state index in [9.17, 15) is 24.0 Å². The van der Waals surface area contributed by atoms with Gasteiger partial charge in [0.15, 0.2) is 0 Å². The first-order valence-corrected chi connectivity index (χ1v) is 13.3. The normalized spacial score (nSPS) is 13.7. The number of nitrogens with one attached hydrogen (secondary N) is 2. The maximum absolute atomic E-state index is 13.2. The van der Waals surface area contributed by atoms with E-state index in [0.717, 1.165) is 5.56 Å². The molecule has 3 rings (SSSR count). The highest BCUT2D eigenvalue weighted by atomic mass is 16.6. The van der Waals surface area contributed by atoms with Crippen LogP contribution in [0.4, 0.5) is 4.79 Å². The molecule has 1 aliphatic rings. The Labute approximate surface area is 239 Å². The third-order valence-corrected chi connectivity index (χ3v) is 6.21. The Morgan fingerprint density at radius 1 is 1.10 bits per heavy atom. The van der Waals surface area contributed by atoms with E-state index in [2.05, 4.69) is 22.5 Å². The summed E-state index contributed by atoms with van der Waals surface area (Å²) in [6, 6.07) is 12.3. The second-order valence-electron chi connectivity index (χ2n) is 10.4. The van der Waals surface area contributed by atoms with Crippen LogP contribution in [0.1, 0.15) is 67.1 Å². The molecule has 0 aromatic heterocycles. The van der Waals surface area contributed by atoms with Crippen LogP contribution in [0.3, 0.4) is 0 Å². The third kappa shape index (κ3) is 8.67. The van der Waals surface area contributed by atoms with Gasteiger partial charge < -0.3 is 29.8 Å². The molecule has 0 aliphatic carbocycles. The van der Waals surface area contributed by atoms with Crippen molar-refractivity contribution in [2.75, 3.05) is 7.05 Å². The lowest BCUT2D eigenvalue weighted by Gasteiger charge is -2.25. The Kier molecular flexibility index (Phi) is 10.6. The highest BCUT2D eigenvalue weighted by Gasteiger charge is 2.36. The average Bonchev–Trinajstić information content (AvgIpc) is 3.27. The monoisotopic (exact) mass is 561 g/mol. The molecule has 2 aromatic rings. The van der Waals surface area contributed by atoms with Gasteiger partial charge >= 0.3 is 12.1 Å². The number of amides is 3. The van der Waals surface area contributed by atoms with Crippen LogP contribution < -0.4 is 10.6 Å². The minimum absolute atomic E-state index is 0.0281. The number of nitrogens with zero attached hydrogens (tertiary/aromatic N) is 1. The Morgan fingerprint density at radius 2 is 1.83 bits per heavy atom. The second kappa shape index (κ2) is 14.1. The van der Waals surface area contributed by atoms with E-state index in [0.29, 0.717) is 23.0 Å². The maximum atomic E-state index is 13.2. The molecule has 10 heteroatoms. The third-order valence-electron chi connectivity index (χ3n) is 6.21. The van der Waals surface area contributed by atoms with Gasteiger partial charge in [0.1, 0.15) is 30.6 Å². The molecule has 0 fully saturated rings. The molecular formula is C31H35N3O7. The number of hydrogen-bond donors (Lipinski definition) is 2. The number of hydrogen-bond acceptors (Lipinski definition) is 7. The number of benzene rings is 2. The first kappa shape index (κ1) is 30.9. The van der Waals surface area contributed by atoms with Crippen LogP contribution in [0.2, 0.25) is 0 Å². The summed E-state index contributed by atoms with van der Waals surface area (Å²) >= 11 is 0. The number of alkyl carbamates (subject to hydrolysis) is 1. The van der Waals surface area contributed by atoms with Crippen LogP contribution in [0, 0.1) is 11.8 Å². The summed E-state index contributed by atoms with van der Waals surface area (Å²) in [5.74, 6) is 4.59. The first-order valence-electron chi connectivity index (χ1n) is 13.3. The van der Waals surface area contributed by atoms with Gasteiger partial charge in [-0.2, -0.15) is 0 Å². The molecule has 1 aliphatic heterocycles. The highest BCUT2D eigenvalue weighted by Crippen LogP contribution is 2.28. The van der Waals surface area contributed by atoms with Gasteiger partial charge in [-0.3, -0.25) is 9.59 Å². The zero-order chi connectivity index (χ0) is 30.0. The quantitative estimate of drug-likeness (QED) is 0.259. The Morgan fingerprint density at radius 3 is 2.49 bits per heavy atom. The van der Waals surface area contributed by atoms with E-state index < -0.39 is 29.7 Å². The molecule has 0 spiro atoms. The molecule has 0 radical (unpaired) electrons. The molecule has 2 atom stereocenters. The highest BCUT2D eigenvalue weighted by molar-refractivity contribution is 6.01. The number of carbonyl (C=O) groups is 5. The summed E-state index contributed by atoms with van der Waals surface area (Å²) in [5.41, 5.74) is 1.64. The summed E-state index contributed by atoms with van der Waals surface area (Å²) < 4.78 is 10.7. The topological polar surface area (TPSA) is 131 Å². The predicted octanol–water partition coefficient (Wildman–Crippen LogP) is 3.11. The van der Waals surface area contributed by atoms with Gasteiger partial charge in [0.25, 0.3) is 5.91 Å². The Hall–Kier alpha value is -4.65. The van der Waals surface area contributed by atoms with Gasteiger partial charge in [-0.15, -0.1) is 0 Å². The molecule has 216 valence electrons. The van der Waals surface area contributed by atoms with E-state index in [1.165, 1.54) is 11.9 Å². The van der Waals surface area contributed by atoms with Crippen molar-refractivity contribution in [3.63, 3.8) is 0 Å². The van der Waals surface area contributed by atoms with E-state index in [1.54, 1.807) is 39.0 Å². The van der Waals surface area contributed by atoms with Gasteiger partial charge in [0.05, 0.1) is 0 Å². The molecule has 1 heterocycles. The van der Waals surface area contributed by atoms with Crippen molar-refractivity contribution in [3.8, 4) is 11.8 Å². The lowest BCUT2D eigenvalue weighted by Crippen LogP contribution is -2.46. The van der Waals surface area contributed by atoms with Crippen molar-refractivity contribution in [2.24, 2.45) is 0 Å². The number of carbonyl (C=O) groups excluding carboxylic acids is 5. The molecule has 0 bridgehead atoms. The molecule has 2 N–H and O–H groups in total. The van der Waals surface area contributed by atoms with E-state index >= 15 is 0 Å². The fourth-order valence-electron chi connectivity index (χ4n) is 4.26. The number of ether oxygens (including phenoxy) is 2. The van der Waals surface area contributed by atoms with Crippen molar-refractivity contribution in [1.82, 2.24) is 15.5 Å². The lowest BCUT2D eigenvalue weighted by atomic mass is 10.0. The van der Waals surface area contributed by atoms with Gasteiger partial charge in [-0.05, 0) is 50.5 Å². The molecule has 0 saturated heterocycles. The van der Waals surface area contributed by atoms with E-state index in [4.69, 9.17) is 9.47 Å². The minimum atomic E-state index is -1.10. The van der Waals surface area contributed by atoms with Crippen LogP contribution >= 0.6 is 0 Å². The van der Waals surface area contributed by atoms with Crippen molar-refractivity contribution in [3.05, 3.63) is 70.8 Å². The number of rotatable bonds is 10. The fourth-order valence-corrected chi connectivity index (χ4v) is 4.26. The van der Waals surface area contributed by atoms with Crippen LogP contribution in [-0.2, 0) is 37.0 Å². The average molecular weight is 562 g/mol. The van der Waals surface area contributed by atoms with Crippen molar-refractivity contribution >= 4 is 30.2 Å². The Balaban J connectivity index is 1.79. The van der Waals surface area contributed by atoms with E-state index in [-0.39, 0.29) is 44.2 Å². The van der Waals surface area contributed by atoms with Crippen LogP contribution in [-0.4, -0.2) is 59.8 Å². The summed E-state index contributed by atoms with van der Waals surface area (Å²) in [7, 11) is 1.48. The SMILES string of the molecule is CNC(=O)C(CCC=O)N1Cc2c(C#CC[C@@H](NC(=O)OC(C)(C)C)C(=O)OCc3ccccc3)cccc2C1=O. The van der Waals surface area contributed by atoms with Crippen LogP contribution in [0.15, 0.2) is 48.5 Å². The second-order valence-corrected chi connectivity index (χ2v) is 10.4. The lowest BCUT2D eigenvalue weighted by molar-refractivity contribution is -0.147. The molecule has 10 nitrogen and oxygen atoms in total. The summed E-state index contributed by atoms with van der Waals surface area (Å²) in [6.45, 7) is 5.31. The zero-order valence-corrected chi connectivity index (χ0v) is 23.7. The molecule has 3 amide bonds. The minimum Gasteiger partial charge on any atom is -0.459 e. The molecule has 41 heavy (non-hydrogen) atoms. The largest absolute Gasteiger partial charge is 0.459 e. The van der Waals surface area contributed by atoms with Crippen molar-refractivity contribution in [2.45, 2.75) is 70.9 Å². The summed E-state index contributed by atoms with van der Waals surface area (Å²) in [4.78, 5) is 63.4. The fraction of sp³-hybridized carbons (Fsp3) is 0.387. The molecule has 1 unspecified atom stereocenters. The zero-order valence-electron chi connectivity index (χ0n) is 23.7. The number of aldehydes is 1. The van der Waals surface area contributed by atoms with Gasteiger partial charge in [-0.1, -0.05) is 48.2 Å². The van der Waals surface area contributed by atoms with Gasteiger partial charge in [0, 0.05) is 37.6 Å². The summed E-state index contributed by atoms with van der Waals surface area (Å²) in [5, 5.41) is 5.10. The number of esters is 1. The standard InChI is InChI=1S/C31H35N3O7/c1-31(2,3)41-30(39)33-25(29(38)40-20-21-11-6-5-7-12-21)16-9-14-22-13-8-15-23-24(22)19-34(28(23)37)26(17-10-18-35)27(36)32-4/h5-8,11-13,15,18,25-26H,10,16-17,19-20H2,1-4H3,(H,32,36)(H,33,39)/t25-,26?/m1/s1. The number of fused-ring (bicyclic) bond motifs is 1. The van der Waals surface area contributed by atoms with Crippen LogP contribution in [0.5, 0.6) is 0 Å². The molecule has 2 aromatic carbocycles. The molecular weight excluding hydrogens is 526 g/mol. The van der Waals surface area contributed by atoms with Gasteiger partial charge in [0.2, 0.25) is 5.91 Å². The van der Waals surface area contributed by atoms with Crippen LogP contribution in [0.25, 0.3) is 0 Å². The van der Waals surface area contributed by atoms with Gasteiger partial charge in [-0.25, -0.2) is 9.59 Å². The van der Waals surface area contributed by atoms with Crippen molar-refractivity contribution < 1.29 is 33.4 Å². The number of likely N-dealkylation sites (N-methyl/N-ethyl adjacent to an activating group) is 1. The Bertz CT molecular complexity index is 1340. The summed E-state index contributed by atoms with van der Waals surface area (Å²) in [6.07, 6.45) is 0.199. The predicted molar refractivity (Wildman–Crippen MR) is 150 cm³/mol. The van der Waals surface area contributed by atoms with Crippen molar-refractivity contribution in [1.29, 1.82) is 0 Å². The van der Waals surface area contributed by atoms with E-state index in [1.807, 2.05) is 30.3 Å². The molecule has 0 saturated carbocycles. The smallest absolute Gasteiger partial charge is 0.408 e. The first-order chi connectivity index (χ1) is 19.5.